The number of carbonyl (C=O) groups is 3. The minimum Gasteiger partial charge on any atom is -0.459 e. The molecule has 2 N–H and O–H groups in total. The van der Waals surface area contributed by atoms with Gasteiger partial charge in [0.05, 0.1) is 15.7 Å². The third kappa shape index (κ3) is 10.0. The Labute approximate surface area is 222 Å². The maximum Gasteiger partial charge on any atom is 0.408 e. The van der Waals surface area contributed by atoms with Crippen LogP contribution in [0.4, 0.5) is 10.5 Å². The van der Waals surface area contributed by atoms with Gasteiger partial charge in [-0.3, -0.25) is 4.79 Å². The lowest BCUT2D eigenvalue weighted by Gasteiger charge is -2.26. The van der Waals surface area contributed by atoms with Gasteiger partial charge in [0.2, 0.25) is 5.91 Å². The third-order valence-electron chi connectivity index (χ3n) is 4.78. The predicted molar refractivity (Wildman–Crippen MR) is 141 cm³/mol. The zero-order valence-corrected chi connectivity index (χ0v) is 22.5. The van der Waals surface area contributed by atoms with Crippen LogP contribution in [0.5, 0.6) is 0 Å². The zero-order valence-electron chi connectivity index (χ0n) is 21.0. The van der Waals surface area contributed by atoms with Crippen molar-refractivity contribution in [2.75, 3.05) is 11.6 Å². The maximum atomic E-state index is 13.2. The first kappa shape index (κ1) is 29.4. The summed E-state index contributed by atoms with van der Waals surface area (Å²) in [6.45, 7) is 7.68. The molecule has 8 nitrogen and oxygen atoms in total. The average Bonchev–Trinajstić information content (AvgIpc) is 2.82. The van der Waals surface area contributed by atoms with E-state index in [0.717, 1.165) is 12.0 Å². The first-order chi connectivity index (χ1) is 17.0. The number of carbonyl (C=O) groups excluding carboxylic acids is 3. The number of hydrogen-bond donors (Lipinski definition) is 2. The van der Waals surface area contributed by atoms with E-state index in [9.17, 15) is 14.4 Å². The highest BCUT2D eigenvalue weighted by Gasteiger charge is 2.27. The Bertz CT molecular complexity index is 1030. The molecule has 0 aliphatic rings. The number of nitrogens with one attached hydrogen (secondary N) is 2. The minimum absolute atomic E-state index is 0.00265. The van der Waals surface area contributed by atoms with E-state index in [1.165, 1.54) is 5.01 Å². The molecule has 0 aromatic heterocycles. The van der Waals surface area contributed by atoms with E-state index in [-0.39, 0.29) is 25.4 Å². The molecule has 0 aliphatic heterocycles. The van der Waals surface area contributed by atoms with Crippen molar-refractivity contribution in [3.8, 4) is 0 Å². The quantitative estimate of drug-likeness (QED) is 0.283. The number of anilines is 1. The van der Waals surface area contributed by atoms with E-state index < -0.39 is 23.7 Å². The second kappa shape index (κ2) is 14.1. The molecule has 1 atom stereocenters. The van der Waals surface area contributed by atoms with Gasteiger partial charge < -0.3 is 14.8 Å². The molecule has 36 heavy (non-hydrogen) atoms. The number of benzene rings is 2. The lowest BCUT2D eigenvalue weighted by atomic mass is 10.1. The van der Waals surface area contributed by atoms with Gasteiger partial charge in [0, 0.05) is 13.0 Å². The smallest absolute Gasteiger partial charge is 0.408 e. The minimum atomic E-state index is -1.09. The van der Waals surface area contributed by atoms with Gasteiger partial charge in [-0.05, 0) is 57.4 Å². The van der Waals surface area contributed by atoms with Gasteiger partial charge >= 0.3 is 12.1 Å². The fraction of sp³-hybridized carbons (Fsp3) is 0.423. The van der Waals surface area contributed by atoms with Crippen molar-refractivity contribution in [2.24, 2.45) is 0 Å². The molecule has 0 fully saturated rings. The van der Waals surface area contributed by atoms with Crippen LogP contribution in [0, 0.1) is 0 Å². The Hall–Kier alpha value is -2.81. The van der Waals surface area contributed by atoms with Crippen LogP contribution in [0.1, 0.15) is 52.5 Å². The fourth-order valence-corrected chi connectivity index (χ4v) is 3.37. The Balaban J connectivity index is 2.13. The number of hydrogen-bond acceptors (Lipinski definition) is 6. The molecule has 0 bridgehead atoms. The summed E-state index contributed by atoms with van der Waals surface area (Å²) in [5.74, 6) is -0.992. The first-order valence-electron chi connectivity index (χ1n) is 11.7. The maximum absolute atomic E-state index is 13.2. The van der Waals surface area contributed by atoms with Crippen molar-refractivity contribution in [1.82, 2.24) is 10.7 Å². The summed E-state index contributed by atoms with van der Waals surface area (Å²) in [5, 5.41) is 4.58. The van der Waals surface area contributed by atoms with Crippen molar-refractivity contribution >= 4 is 46.9 Å². The van der Waals surface area contributed by atoms with Crippen LogP contribution in [0.25, 0.3) is 0 Å². The molecule has 10 heteroatoms. The number of rotatable bonds is 11. The van der Waals surface area contributed by atoms with Crippen LogP contribution in [0.3, 0.4) is 0 Å². The highest BCUT2D eigenvalue weighted by molar-refractivity contribution is 6.42. The Morgan fingerprint density at radius 2 is 1.72 bits per heavy atom. The van der Waals surface area contributed by atoms with Gasteiger partial charge in [0.25, 0.3) is 0 Å². The van der Waals surface area contributed by atoms with Crippen LogP contribution >= 0.6 is 23.2 Å². The van der Waals surface area contributed by atoms with Crippen LogP contribution in [-0.2, 0) is 25.7 Å². The summed E-state index contributed by atoms with van der Waals surface area (Å²) >= 11 is 12.2. The molecule has 1 unspecified atom stereocenters. The molecular weight excluding hydrogens is 505 g/mol. The van der Waals surface area contributed by atoms with Gasteiger partial charge in [-0.25, -0.2) is 20.0 Å². The van der Waals surface area contributed by atoms with Gasteiger partial charge in [-0.2, -0.15) is 0 Å². The Morgan fingerprint density at radius 1 is 1.03 bits per heavy atom. The van der Waals surface area contributed by atoms with Crippen LogP contribution in [0.15, 0.2) is 48.5 Å². The lowest BCUT2D eigenvalue weighted by Crippen LogP contribution is -2.47. The van der Waals surface area contributed by atoms with Gasteiger partial charge in [0.1, 0.15) is 18.2 Å². The number of ether oxygens (including phenoxy) is 2. The topological polar surface area (TPSA) is 97.0 Å². The van der Waals surface area contributed by atoms with E-state index in [1.807, 2.05) is 37.3 Å². The Morgan fingerprint density at radius 3 is 2.33 bits per heavy atom. The fourth-order valence-electron chi connectivity index (χ4n) is 3.08. The highest BCUT2D eigenvalue weighted by atomic mass is 35.5. The van der Waals surface area contributed by atoms with E-state index in [1.54, 1.807) is 39.0 Å². The molecule has 2 rings (SSSR count). The van der Waals surface area contributed by atoms with E-state index >= 15 is 0 Å². The van der Waals surface area contributed by atoms with Gasteiger partial charge in [-0.1, -0.05) is 60.5 Å². The van der Waals surface area contributed by atoms with Crippen LogP contribution in [-0.4, -0.2) is 36.2 Å². The van der Waals surface area contributed by atoms with E-state index in [4.69, 9.17) is 32.7 Å². The first-order valence-corrected chi connectivity index (χ1v) is 12.5. The highest BCUT2D eigenvalue weighted by Crippen LogP contribution is 2.27. The summed E-state index contributed by atoms with van der Waals surface area (Å²) in [6.07, 6.45) is -0.0726. The third-order valence-corrected chi connectivity index (χ3v) is 5.52. The standard InChI is InChI=1S/C26H33Cl2N3O5/c1-5-15-29-31(19-11-12-20(27)21(28)16-19)23(32)14-13-22(30-25(34)36-26(2,3)4)24(33)35-17-18-9-7-6-8-10-18/h6-12,16,22,29H,5,13-15,17H2,1-4H3,(H,30,34). The second-order valence-electron chi connectivity index (χ2n) is 9.07. The van der Waals surface area contributed by atoms with Crippen molar-refractivity contribution in [3.63, 3.8) is 0 Å². The number of esters is 1. The Kier molecular flexibility index (Phi) is 11.5. The number of alkyl carbamates (subject to hydrolysis) is 1. The van der Waals surface area contributed by atoms with Crippen molar-refractivity contribution < 1.29 is 23.9 Å². The normalized spacial score (nSPS) is 11.9. The molecule has 2 amide bonds. The van der Waals surface area contributed by atoms with Crippen molar-refractivity contribution in [3.05, 3.63) is 64.1 Å². The predicted octanol–water partition coefficient (Wildman–Crippen LogP) is 5.66. The monoisotopic (exact) mass is 537 g/mol. The van der Waals surface area contributed by atoms with Gasteiger partial charge in [0.15, 0.2) is 0 Å². The summed E-state index contributed by atoms with van der Waals surface area (Å²) in [5.41, 5.74) is 3.60. The summed E-state index contributed by atoms with van der Waals surface area (Å²) < 4.78 is 10.7. The van der Waals surface area contributed by atoms with E-state index in [2.05, 4.69) is 10.7 Å². The molecule has 2 aromatic carbocycles. The molecular formula is C26H33Cl2N3O5. The van der Waals surface area contributed by atoms with Gasteiger partial charge in [-0.15, -0.1) is 0 Å². The molecule has 2 aromatic rings. The number of amides is 2. The molecule has 0 radical (unpaired) electrons. The van der Waals surface area contributed by atoms with Crippen LogP contribution in [0.2, 0.25) is 10.0 Å². The summed E-state index contributed by atoms with van der Waals surface area (Å²) in [4.78, 5) is 38.4. The molecule has 0 heterocycles. The molecule has 0 saturated carbocycles. The molecule has 196 valence electrons. The molecule has 0 spiro atoms. The molecule has 0 aliphatic carbocycles. The number of halogens is 2. The average molecular weight is 538 g/mol. The summed E-state index contributed by atoms with van der Waals surface area (Å²) in [6, 6.07) is 12.9. The van der Waals surface area contributed by atoms with Crippen molar-refractivity contribution in [1.29, 1.82) is 0 Å². The zero-order chi connectivity index (χ0) is 26.7. The SMILES string of the molecule is CCCNN(C(=O)CCC(NC(=O)OC(C)(C)C)C(=O)OCc1ccccc1)c1ccc(Cl)c(Cl)c1. The number of hydrazine groups is 1. The molecule has 0 saturated heterocycles. The van der Waals surface area contributed by atoms with E-state index in [0.29, 0.717) is 22.3 Å². The lowest BCUT2D eigenvalue weighted by molar-refractivity contribution is -0.147. The van der Waals surface area contributed by atoms with Crippen molar-refractivity contribution in [2.45, 2.75) is 65.2 Å². The number of nitrogens with zero attached hydrogens (tertiary/aromatic N) is 1. The largest absolute Gasteiger partial charge is 0.459 e. The van der Waals surface area contributed by atoms with Crippen LogP contribution < -0.4 is 15.8 Å². The second-order valence-corrected chi connectivity index (χ2v) is 9.88. The summed E-state index contributed by atoms with van der Waals surface area (Å²) in [7, 11) is 0.